The van der Waals surface area contributed by atoms with Gasteiger partial charge in [0.05, 0.1) is 19.1 Å². The van der Waals surface area contributed by atoms with Gasteiger partial charge in [-0.25, -0.2) is 0 Å². The number of rotatable bonds is 7. The molecule has 0 rings (SSSR count). The first-order valence-corrected chi connectivity index (χ1v) is 5.00. The number of allylic oxidation sites excluding steroid dienone is 1. The number of halogens is 1. The quantitative estimate of drug-likeness (QED) is 0.489. The van der Waals surface area contributed by atoms with Crippen LogP contribution < -0.4 is 0 Å². The molecule has 0 atom stereocenters. The molecule has 0 bridgehead atoms. The number of hydrogen-bond donors (Lipinski definition) is 0. The molecule has 0 saturated heterocycles. The molecule has 0 aliphatic rings. The summed E-state index contributed by atoms with van der Waals surface area (Å²) in [7, 11) is 0. The van der Waals surface area contributed by atoms with Crippen molar-refractivity contribution in [2.45, 2.75) is 32.8 Å². The predicted octanol–water partition coefficient (Wildman–Crippen LogP) is 2.49. The highest BCUT2D eigenvalue weighted by molar-refractivity contribution is 6.29. The van der Waals surface area contributed by atoms with Crippen LogP contribution in [0.1, 0.15) is 26.7 Å². The van der Waals surface area contributed by atoms with Gasteiger partial charge in [-0.1, -0.05) is 18.2 Å². The van der Waals surface area contributed by atoms with Gasteiger partial charge in [-0.3, -0.25) is 4.79 Å². The third kappa shape index (κ3) is 9.55. The van der Waals surface area contributed by atoms with Crippen molar-refractivity contribution in [3.05, 3.63) is 11.6 Å². The smallest absolute Gasteiger partial charge is 0.306 e. The van der Waals surface area contributed by atoms with Crippen molar-refractivity contribution in [1.82, 2.24) is 0 Å². The Hall–Kier alpha value is -0.540. The molecule has 3 nitrogen and oxygen atoms in total. The summed E-state index contributed by atoms with van der Waals surface area (Å²) in [5.41, 5.74) is 0. The van der Waals surface area contributed by atoms with Crippen LogP contribution in [-0.4, -0.2) is 25.3 Å². The maximum atomic E-state index is 11.0. The van der Waals surface area contributed by atoms with Crippen LogP contribution in [0, 0.1) is 0 Å². The highest BCUT2D eigenvalue weighted by Crippen LogP contribution is 2.06. The Balaban J connectivity index is 3.31. The van der Waals surface area contributed by atoms with Crippen LogP contribution in [0.15, 0.2) is 11.6 Å². The van der Waals surface area contributed by atoms with E-state index in [0.29, 0.717) is 24.7 Å². The van der Waals surface area contributed by atoms with E-state index in [9.17, 15) is 4.79 Å². The van der Waals surface area contributed by atoms with Crippen molar-refractivity contribution in [2.75, 3.05) is 13.2 Å². The normalized spacial score (nSPS) is 10.3. The van der Waals surface area contributed by atoms with E-state index >= 15 is 0 Å². The van der Waals surface area contributed by atoms with E-state index in [0.717, 1.165) is 0 Å². The van der Waals surface area contributed by atoms with Crippen molar-refractivity contribution in [3.63, 3.8) is 0 Å². The largest absolute Gasteiger partial charge is 0.463 e. The summed E-state index contributed by atoms with van der Waals surface area (Å²) in [6.07, 6.45) is 0.909. The molecule has 0 fully saturated rings. The van der Waals surface area contributed by atoms with Crippen molar-refractivity contribution >= 4 is 17.6 Å². The lowest BCUT2D eigenvalue weighted by Crippen LogP contribution is -2.13. The fourth-order valence-corrected chi connectivity index (χ4v) is 0.844. The summed E-state index contributed by atoms with van der Waals surface area (Å²) in [4.78, 5) is 11.0. The summed E-state index contributed by atoms with van der Waals surface area (Å²) < 4.78 is 10.1. The molecule has 0 spiro atoms. The molecular weight excluding hydrogens is 204 g/mol. The Labute approximate surface area is 90.0 Å². The first-order chi connectivity index (χ1) is 6.52. The van der Waals surface area contributed by atoms with E-state index in [4.69, 9.17) is 21.1 Å². The Morgan fingerprint density at radius 1 is 1.36 bits per heavy atom. The molecule has 4 heteroatoms. The van der Waals surface area contributed by atoms with E-state index < -0.39 is 0 Å². The molecule has 0 aromatic heterocycles. The van der Waals surface area contributed by atoms with Gasteiger partial charge in [0.15, 0.2) is 0 Å². The highest BCUT2D eigenvalue weighted by Gasteiger charge is 2.03. The van der Waals surface area contributed by atoms with Gasteiger partial charge in [0.2, 0.25) is 0 Å². The fourth-order valence-electron chi connectivity index (χ4n) is 0.749. The fraction of sp³-hybridized carbons (Fsp3) is 0.700. The van der Waals surface area contributed by atoms with Crippen LogP contribution in [-0.2, 0) is 14.3 Å². The monoisotopic (exact) mass is 220 g/mol. The SMILES string of the molecule is C=C(Cl)CCC(=O)OCCOC(C)C. The van der Waals surface area contributed by atoms with Gasteiger partial charge in [0.25, 0.3) is 0 Å². The summed E-state index contributed by atoms with van der Waals surface area (Å²) in [6, 6.07) is 0. The summed E-state index contributed by atoms with van der Waals surface area (Å²) in [5, 5.41) is 0.473. The number of carbonyl (C=O) groups excluding carboxylic acids is 1. The van der Waals surface area contributed by atoms with Gasteiger partial charge in [0, 0.05) is 5.03 Å². The number of carbonyl (C=O) groups is 1. The summed E-state index contributed by atoms with van der Waals surface area (Å²) >= 11 is 5.50. The van der Waals surface area contributed by atoms with Gasteiger partial charge in [-0.05, 0) is 20.3 Å². The van der Waals surface area contributed by atoms with Crippen LogP contribution in [0.4, 0.5) is 0 Å². The predicted molar refractivity (Wildman–Crippen MR) is 56.3 cm³/mol. The van der Waals surface area contributed by atoms with Gasteiger partial charge >= 0.3 is 5.97 Å². The molecule has 0 heterocycles. The van der Waals surface area contributed by atoms with Crippen molar-refractivity contribution in [1.29, 1.82) is 0 Å². The Kier molecular flexibility index (Phi) is 7.52. The van der Waals surface area contributed by atoms with Crippen LogP contribution in [0.3, 0.4) is 0 Å². The maximum Gasteiger partial charge on any atom is 0.306 e. The van der Waals surface area contributed by atoms with E-state index in [2.05, 4.69) is 6.58 Å². The molecule has 0 unspecified atom stereocenters. The van der Waals surface area contributed by atoms with Gasteiger partial charge < -0.3 is 9.47 Å². The summed E-state index contributed by atoms with van der Waals surface area (Å²) in [5.74, 6) is -0.265. The van der Waals surface area contributed by atoms with E-state index in [1.165, 1.54) is 0 Å². The molecule has 0 amide bonds. The first-order valence-electron chi connectivity index (χ1n) is 4.63. The molecule has 0 saturated carbocycles. The second kappa shape index (κ2) is 7.83. The minimum atomic E-state index is -0.265. The van der Waals surface area contributed by atoms with E-state index in [1.807, 2.05) is 13.8 Å². The molecule has 0 aliphatic carbocycles. The van der Waals surface area contributed by atoms with E-state index in [-0.39, 0.29) is 18.5 Å². The highest BCUT2D eigenvalue weighted by atomic mass is 35.5. The topological polar surface area (TPSA) is 35.5 Å². The van der Waals surface area contributed by atoms with Gasteiger partial charge in [0.1, 0.15) is 6.61 Å². The zero-order valence-electron chi connectivity index (χ0n) is 8.72. The Morgan fingerprint density at radius 3 is 2.50 bits per heavy atom. The number of esters is 1. The average molecular weight is 221 g/mol. The van der Waals surface area contributed by atoms with Crippen molar-refractivity contribution in [3.8, 4) is 0 Å². The van der Waals surface area contributed by atoms with E-state index in [1.54, 1.807) is 0 Å². The molecule has 0 N–H and O–H groups in total. The second-order valence-corrected chi connectivity index (χ2v) is 3.69. The van der Waals surface area contributed by atoms with Crippen LogP contribution >= 0.6 is 11.6 Å². The Bertz CT molecular complexity index is 190. The lowest BCUT2D eigenvalue weighted by Gasteiger charge is -2.07. The molecule has 0 aromatic carbocycles. The lowest BCUT2D eigenvalue weighted by molar-refractivity contribution is -0.145. The summed E-state index contributed by atoms with van der Waals surface area (Å²) in [6.45, 7) is 8.07. The second-order valence-electron chi connectivity index (χ2n) is 3.16. The minimum absolute atomic E-state index is 0.163. The standard InChI is InChI=1S/C10H17ClO3/c1-8(2)13-6-7-14-10(12)5-4-9(3)11/h8H,3-7H2,1-2H3. The number of ether oxygens (including phenoxy) is 2. The number of hydrogen-bond acceptors (Lipinski definition) is 3. The van der Waals surface area contributed by atoms with Crippen LogP contribution in [0.5, 0.6) is 0 Å². The van der Waals surface area contributed by atoms with Crippen LogP contribution in [0.25, 0.3) is 0 Å². The molecule has 82 valence electrons. The van der Waals surface area contributed by atoms with Gasteiger partial charge in [-0.2, -0.15) is 0 Å². The molecule has 0 aliphatic heterocycles. The average Bonchev–Trinajstić information content (AvgIpc) is 2.08. The van der Waals surface area contributed by atoms with Crippen molar-refractivity contribution in [2.24, 2.45) is 0 Å². The lowest BCUT2D eigenvalue weighted by atomic mass is 10.3. The third-order valence-corrected chi connectivity index (χ3v) is 1.59. The zero-order chi connectivity index (χ0) is 11.0. The third-order valence-electron chi connectivity index (χ3n) is 1.40. The molecule has 0 radical (unpaired) electrons. The Morgan fingerprint density at radius 2 is 2.00 bits per heavy atom. The first kappa shape index (κ1) is 13.5. The zero-order valence-corrected chi connectivity index (χ0v) is 9.47. The van der Waals surface area contributed by atoms with Crippen molar-refractivity contribution < 1.29 is 14.3 Å². The van der Waals surface area contributed by atoms with Gasteiger partial charge in [-0.15, -0.1) is 0 Å². The minimum Gasteiger partial charge on any atom is -0.463 e. The maximum absolute atomic E-state index is 11.0. The molecule has 0 aromatic rings. The molecular formula is C10H17ClO3. The molecule has 14 heavy (non-hydrogen) atoms. The van der Waals surface area contributed by atoms with Crippen LogP contribution in [0.2, 0.25) is 0 Å².